The Bertz CT molecular complexity index is 1420. The summed E-state index contributed by atoms with van der Waals surface area (Å²) in [6.07, 6.45) is 0. The molecule has 0 N–H and O–H groups in total. The first-order valence-corrected chi connectivity index (χ1v) is 13.2. The third-order valence-corrected chi connectivity index (χ3v) is 6.73. The van der Waals surface area contributed by atoms with Crippen LogP contribution in [0.25, 0.3) is 0 Å². The van der Waals surface area contributed by atoms with Gasteiger partial charge in [0, 0.05) is 34.1 Å². The van der Waals surface area contributed by atoms with Crippen LogP contribution in [0.4, 0.5) is 50.0 Å². The third-order valence-electron chi connectivity index (χ3n) is 6.73. The van der Waals surface area contributed by atoms with Gasteiger partial charge in [-0.05, 0) is 97.1 Å². The molecule has 6 rings (SSSR count). The summed E-state index contributed by atoms with van der Waals surface area (Å²) < 4.78 is 15.6. The van der Waals surface area contributed by atoms with Gasteiger partial charge in [0.15, 0.2) is 0 Å². The lowest BCUT2D eigenvalue weighted by Gasteiger charge is -2.26. The molecule has 194 valence electrons. The van der Waals surface area contributed by atoms with E-state index in [0.717, 1.165) is 39.2 Å². The van der Waals surface area contributed by atoms with E-state index in [9.17, 15) is 0 Å². The summed E-state index contributed by atoms with van der Waals surface area (Å²) in [5.74, 6) is 0. The molecule has 0 aliphatic rings. The van der Waals surface area contributed by atoms with Crippen molar-refractivity contribution in [1.82, 2.24) is 0 Å². The lowest BCUT2D eigenvalue weighted by molar-refractivity contribution is 0.505. The predicted octanol–water partition coefficient (Wildman–Crippen LogP) is 10.6. The number of halogens is 1. The molecule has 0 saturated carbocycles. The Morgan fingerprint density at radius 2 is 0.450 bits per heavy atom. The van der Waals surface area contributed by atoms with Crippen LogP contribution in [-0.2, 0) is 0 Å². The Hall–Kier alpha value is -5.35. The van der Waals surface area contributed by atoms with E-state index in [1.54, 1.807) is 0 Å². The zero-order valence-corrected chi connectivity index (χ0v) is 21.9. The fraction of sp³-hybridized carbons (Fsp3) is 0. The monoisotopic (exact) mass is 521 g/mol. The Balaban J connectivity index is 1.27. The number of hydrogen-bond acceptors (Lipinski definition) is 3. The molecule has 0 unspecified atom stereocenters. The van der Waals surface area contributed by atoms with E-state index in [2.05, 4.69) is 58.3 Å². The van der Waals surface area contributed by atoms with E-state index < -0.39 is 0 Å². The molecule has 0 aliphatic carbocycles. The number of rotatable bonds is 8. The molecule has 0 aromatic heterocycles. The zero-order valence-electron chi connectivity index (χ0n) is 21.9. The molecule has 0 spiro atoms. The summed E-state index contributed by atoms with van der Waals surface area (Å²) in [7, 11) is 0. The Morgan fingerprint density at radius 1 is 0.250 bits per heavy atom. The molecule has 0 aliphatic heterocycles. The number of para-hydroxylation sites is 4. The fourth-order valence-corrected chi connectivity index (χ4v) is 4.82. The molecular formula is C36H28FN3. The average Bonchev–Trinajstić information content (AvgIpc) is 3.04. The normalized spacial score (nSPS) is 10.6. The SMILES string of the molecule is FN(c1ccc(N(c2ccccc2)c2ccccc2)cc1)c1ccc(N(c2ccccc2)c2ccccc2)cc1. The van der Waals surface area contributed by atoms with Gasteiger partial charge >= 0.3 is 0 Å². The molecule has 3 nitrogen and oxygen atoms in total. The molecule has 0 atom stereocenters. The molecule has 6 aromatic rings. The van der Waals surface area contributed by atoms with Gasteiger partial charge in [0.2, 0.25) is 0 Å². The Morgan fingerprint density at radius 3 is 0.700 bits per heavy atom. The molecule has 6 aromatic carbocycles. The molecule has 4 heteroatoms. The van der Waals surface area contributed by atoms with Crippen molar-refractivity contribution in [3.8, 4) is 0 Å². The van der Waals surface area contributed by atoms with Gasteiger partial charge in [-0.15, -0.1) is 0 Å². The molecule has 0 saturated heterocycles. The highest BCUT2D eigenvalue weighted by atomic mass is 19.2. The summed E-state index contributed by atoms with van der Waals surface area (Å²) in [5, 5.41) is 0.721. The average molecular weight is 522 g/mol. The van der Waals surface area contributed by atoms with Gasteiger partial charge in [-0.3, -0.25) is 0 Å². The van der Waals surface area contributed by atoms with Gasteiger partial charge in [0.05, 0.1) is 11.4 Å². The summed E-state index contributed by atoms with van der Waals surface area (Å²) >= 11 is 0. The van der Waals surface area contributed by atoms with E-state index in [0.29, 0.717) is 11.4 Å². The van der Waals surface area contributed by atoms with Crippen LogP contribution in [-0.4, -0.2) is 0 Å². The highest BCUT2D eigenvalue weighted by Crippen LogP contribution is 2.38. The van der Waals surface area contributed by atoms with E-state index in [1.807, 2.05) is 121 Å². The van der Waals surface area contributed by atoms with Gasteiger partial charge in [-0.1, -0.05) is 77.3 Å². The van der Waals surface area contributed by atoms with Gasteiger partial charge in [-0.2, -0.15) is 5.12 Å². The van der Waals surface area contributed by atoms with E-state index in [1.165, 1.54) is 0 Å². The van der Waals surface area contributed by atoms with E-state index in [-0.39, 0.29) is 0 Å². The quantitative estimate of drug-likeness (QED) is 0.184. The smallest absolute Gasteiger partial charge is 0.0748 e. The lowest BCUT2D eigenvalue weighted by atomic mass is 10.1. The fourth-order valence-electron chi connectivity index (χ4n) is 4.82. The van der Waals surface area contributed by atoms with Crippen molar-refractivity contribution < 1.29 is 4.48 Å². The minimum atomic E-state index is 0.459. The van der Waals surface area contributed by atoms with Crippen molar-refractivity contribution in [2.45, 2.75) is 0 Å². The van der Waals surface area contributed by atoms with Crippen LogP contribution < -0.4 is 14.9 Å². The van der Waals surface area contributed by atoms with Gasteiger partial charge in [0.1, 0.15) is 0 Å². The predicted molar refractivity (Wildman–Crippen MR) is 165 cm³/mol. The standard InChI is InChI=1S/C36H28FN3/c37-40(35-25-21-33(22-26-35)38(29-13-5-1-6-14-29)30-15-7-2-8-16-30)36-27-23-34(24-28-36)39(31-17-9-3-10-18-31)32-19-11-4-12-20-32/h1-28H. The first-order valence-electron chi connectivity index (χ1n) is 13.2. The summed E-state index contributed by atoms with van der Waals surface area (Å²) in [4.78, 5) is 4.31. The number of benzene rings is 6. The van der Waals surface area contributed by atoms with Crippen molar-refractivity contribution in [2.75, 3.05) is 14.9 Å². The van der Waals surface area contributed by atoms with E-state index >= 15 is 4.48 Å². The van der Waals surface area contributed by atoms with Crippen LogP contribution >= 0.6 is 0 Å². The molecule has 0 bridgehead atoms. The summed E-state index contributed by atoms with van der Waals surface area (Å²) in [5.41, 5.74) is 6.97. The van der Waals surface area contributed by atoms with Gasteiger partial charge in [0.25, 0.3) is 0 Å². The van der Waals surface area contributed by atoms with Crippen LogP contribution in [0.2, 0.25) is 0 Å². The first kappa shape index (κ1) is 25.0. The van der Waals surface area contributed by atoms with Crippen molar-refractivity contribution in [1.29, 1.82) is 0 Å². The highest BCUT2D eigenvalue weighted by molar-refractivity contribution is 5.79. The second-order valence-electron chi connectivity index (χ2n) is 9.33. The van der Waals surface area contributed by atoms with Gasteiger partial charge in [-0.25, -0.2) is 0 Å². The Labute approximate surface area is 234 Å². The topological polar surface area (TPSA) is 9.72 Å². The van der Waals surface area contributed by atoms with Crippen LogP contribution in [0.15, 0.2) is 170 Å². The van der Waals surface area contributed by atoms with Gasteiger partial charge < -0.3 is 9.80 Å². The van der Waals surface area contributed by atoms with Crippen LogP contribution in [0.5, 0.6) is 0 Å². The van der Waals surface area contributed by atoms with Crippen molar-refractivity contribution in [3.05, 3.63) is 170 Å². The number of anilines is 8. The lowest BCUT2D eigenvalue weighted by Crippen LogP contribution is -2.11. The molecule has 0 radical (unpaired) electrons. The van der Waals surface area contributed by atoms with Crippen molar-refractivity contribution in [2.24, 2.45) is 0 Å². The summed E-state index contributed by atoms with van der Waals surface area (Å²) in [6.45, 7) is 0. The maximum atomic E-state index is 15.6. The molecular weight excluding hydrogens is 493 g/mol. The minimum Gasteiger partial charge on any atom is -0.311 e. The second-order valence-corrected chi connectivity index (χ2v) is 9.33. The minimum absolute atomic E-state index is 0.459. The number of hydrogen-bond donors (Lipinski definition) is 0. The Kier molecular flexibility index (Phi) is 7.23. The summed E-state index contributed by atoms with van der Waals surface area (Å²) in [6, 6.07) is 55.7. The maximum absolute atomic E-state index is 15.6. The van der Waals surface area contributed by atoms with Crippen LogP contribution in [0.3, 0.4) is 0 Å². The molecule has 0 amide bonds. The maximum Gasteiger partial charge on any atom is 0.0748 e. The largest absolute Gasteiger partial charge is 0.311 e. The number of nitrogens with zero attached hydrogens (tertiary/aromatic N) is 3. The van der Waals surface area contributed by atoms with E-state index in [4.69, 9.17) is 0 Å². The molecule has 0 fully saturated rings. The highest BCUT2D eigenvalue weighted by Gasteiger charge is 2.16. The molecule has 40 heavy (non-hydrogen) atoms. The van der Waals surface area contributed by atoms with Crippen LogP contribution in [0.1, 0.15) is 0 Å². The molecule has 0 heterocycles. The van der Waals surface area contributed by atoms with Crippen LogP contribution in [0, 0.1) is 0 Å². The third kappa shape index (κ3) is 5.29. The zero-order chi connectivity index (χ0) is 27.1. The van der Waals surface area contributed by atoms with Crippen molar-refractivity contribution >= 4 is 45.5 Å². The second kappa shape index (κ2) is 11.6. The first-order chi connectivity index (χ1) is 19.8. The van der Waals surface area contributed by atoms with Crippen molar-refractivity contribution in [3.63, 3.8) is 0 Å².